The first kappa shape index (κ1) is 14.2. The lowest BCUT2D eigenvalue weighted by atomic mass is 10.2. The van der Waals surface area contributed by atoms with Crippen molar-refractivity contribution in [3.63, 3.8) is 0 Å². The predicted octanol–water partition coefficient (Wildman–Crippen LogP) is 3.18. The van der Waals surface area contributed by atoms with Gasteiger partial charge in [0.2, 0.25) is 0 Å². The number of hydrogen-bond donors (Lipinski definition) is 2. The van der Waals surface area contributed by atoms with Crippen molar-refractivity contribution in [3.05, 3.63) is 66.5 Å². The number of H-pyrrole nitrogens is 1. The Labute approximate surface area is 138 Å². The van der Waals surface area contributed by atoms with E-state index in [1.807, 2.05) is 54.6 Å². The van der Waals surface area contributed by atoms with E-state index in [1.54, 1.807) is 0 Å². The number of anilines is 1. The summed E-state index contributed by atoms with van der Waals surface area (Å²) >= 11 is 0. The lowest BCUT2D eigenvalue weighted by Crippen LogP contribution is -1.95. The highest BCUT2D eigenvalue weighted by atomic mass is 16.5. The summed E-state index contributed by atoms with van der Waals surface area (Å²) in [7, 11) is 0. The van der Waals surface area contributed by atoms with E-state index >= 15 is 0 Å². The first-order valence-electron chi connectivity index (χ1n) is 7.53. The number of ether oxygens (including phenoxy) is 1. The van der Waals surface area contributed by atoms with E-state index in [0.29, 0.717) is 29.4 Å². The van der Waals surface area contributed by atoms with Gasteiger partial charge in [0, 0.05) is 5.56 Å². The second-order valence-electron chi connectivity index (χ2n) is 5.35. The molecule has 0 saturated carbocycles. The van der Waals surface area contributed by atoms with Crippen LogP contribution in [0.1, 0.15) is 5.56 Å². The molecule has 0 aliphatic heterocycles. The maximum absolute atomic E-state index is 5.86. The summed E-state index contributed by atoms with van der Waals surface area (Å²) in [6.45, 7) is 0.517. The molecule has 0 atom stereocenters. The molecule has 0 radical (unpaired) electrons. The van der Waals surface area contributed by atoms with E-state index in [4.69, 9.17) is 10.5 Å². The van der Waals surface area contributed by atoms with Gasteiger partial charge in [0.05, 0.1) is 0 Å². The number of imidazole rings is 1. The zero-order valence-corrected chi connectivity index (χ0v) is 12.8. The van der Waals surface area contributed by atoms with Crippen LogP contribution in [0.15, 0.2) is 60.9 Å². The van der Waals surface area contributed by atoms with Crippen molar-refractivity contribution in [1.29, 1.82) is 0 Å². The van der Waals surface area contributed by atoms with E-state index in [1.165, 1.54) is 6.33 Å². The first-order chi connectivity index (χ1) is 11.8. The van der Waals surface area contributed by atoms with Gasteiger partial charge in [-0.2, -0.15) is 0 Å². The third-order valence-corrected chi connectivity index (χ3v) is 3.67. The van der Waals surface area contributed by atoms with E-state index in [9.17, 15) is 0 Å². The second-order valence-corrected chi connectivity index (χ2v) is 5.35. The number of nitrogens with zero attached hydrogens (tertiary/aromatic N) is 3. The molecule has 0 bridgehead atoms. The largest absolute Gasteiger partial charge is 0.489 e. The number of nitrogen functional groups attached to an aromatic ring is 1. The topological polar surface area (TPSA) is 89.7 Å². The Morgan fingerprint density at radius 3 is 2.71 bits per heavy atom. The smallest absolute Gasteiger partial charge is 0.183 e. The van der Waals surface area contributed by atoms with Crippen LogP contribution >= 0.6 is 0 Å². The Morgan fingerprint density at radius 2 is 1.88 bits per heavy atom. The summed E-state index contributed by atoms with van der Waals surface area (Å²) in [6, 6.07) is 17.8. The Hall–Kier alpha value is -3.41. The Bertz CT molecular complexity index is 981. The van der Waals surface area contributed by atoms with Crippen molar-refractivity contribution in [3.8, 4) is 17.1 Å². The Balaban J connectivity index is 1.60. The molecule has 4 rings (SSSR count). The van der Waals surface area contributed by atoms with Gasteiger partial charge in [-0.05, 0) is 17.7 Å². The minimum absolute atomic E-state index is 0.384. The highest BCUT2D eigenvalue weighted by Gasteiger charge is 2.09. The van der Waals surface area contributed by atoms with Gasteiger partial charge in [0.25, 0.3) is 0 Å². The molecule has 0 aliphatic carbocycles. The minimum Gasteiger partial charge on any atom is -0.489 e. The maximum atomic E-state index is 5.86. The van der Waals surface area contributed by atoms with Crippen LogP contribution in [0.5, 0.6) is 5.75 Å². The fourth-order valence-corrected chi connectivity index (χ4v) is 2.46. The number of fused-ring (bicyclic) bond motifs is 1. The van der Waals surface area contributed by atoms with Gasteiger partial charge in [0.15, 0.2) is 11.5 Å². The standard InChI is InChI=1S/C18H15N5O/c19-16-15-18(21-11-20-16)23-17(22-15)13-7-4-8-14(9-13)24-10-12-5-2-1-3-6-12/h1-9,11H,10H2,(H3,19,20,21,22,23). The molecule has 0 unspecified atom stereocenters. The van der Waals surface area contributed by atoms with E-state index in [2.05, 4.69) is 19.9 Å². The van der Waals surface area contributed by atoms with Gasteiger partial charge in [-0.25, -0.2) is 15.0 Å². The SMILES string of the molecule is Nc1ncnc2nc(-c3cccc(OCc4ccccc4)c3)[nH]c12. The van der Waals surface area contributed by atoms with Crippen LogP contribution in [0, 0.1) is 0 Å². The monoisotopic (exact) mass is 317 g/mol. The van der Waals surface area contributed by atoms with Crippen LogP contribution in [0.4, 0.5) is 5.82 Å². The third-order valence-electron chi connectivity index (χ3n) is 3.67. The zero-order chi connectivity index (χ0) is 16.4. The van der Waals surface area contributed by atoms with Gasteiger partial charge >= 0.3 is 0 Å². The molecule has 0 fully saturated rings. The normalized spacial score (nSPS) is 10.8. The Morgan fingerprint density at radius 1 is 1.00 bits per heavy atom. The van der Waals surface area contributed by atoms with Crippen LogP contribution in [0.3, 0.4) is 0 Å². The van der Waals surface area contributed by atoms with Crippen LogP contribution < -0.4 is 10.5 Å². The molecular formula is C18H15N5O. The molecule has 0 spiro atoms. The van der Waals surface area contributed by atoms with Crippen molar-refractivity contribution in [2.45, 2.75) is 6.61 Å². The molecule has 2 heterocycles. The van der Waals surface area contributed by atoms with Gasteiger partial charge in [-0.15, -0.1) is 0 Å². The Kier molecular flexibility index (Phi) is 3.55. The fourth-order valence-electron chi connectivity index (χ4n) is 2.46. The number of rotatable bonds is 4. The molecule has 24 heavy (non-hydrogen) atoms. The molecular weight excluding hydrogens is 302 g/mol. The first-order valence-corrected chi connectivity index (χ1v) is 7.53. The summed E-state index contributed by atoms with van der Waals surface area (Å²) in [5.41, 5.74) is 9.05. The summed E-state index contributed by atoms with van der Waals surface area (Å²) in [5, 5.41) is 0. The molecule has 2 aromatic carbocycles. The predicted molar refractivity (Wildman–Crippen MR) is 92.3 cm³/mol. The van der Waals surface area contributed by atoms with Crippen LogP contribution in [-0.4, -0.2) is 19.9 Å². The molecule has 3 N–H and O–H groups in total. The number of aromatic amines is 1. The van der Waals surface area contributed by atoms with Gasteiger partial charge in [-0.1, -0.05) is 42.5 Å². The molecule has 0 aliphatic rings. The highest BCUT2D eigenvalue weighted by Crippen LogP contribution is 2.25. The summed E-state index contributed by atoms with van der Waals surface area (Å²) in [6.07, 6.45) is 1.40. The van der Waals surface area contributed by atoms with Crippen molar-refractivity contribution < 1.29 is 4.74 Å². The summed E-state index contributed by atoms with van der Waals surface area (Å²) in [4.78, 5) is 15.7. The van der Waals surface area contributed by atoms with E-state index < -0.39 is 0 Å². The fraction of sp³-hybridized carbons (Fsp3) is 0.0556. The molecule has 6 heteroatoms. The third kappa shape index (κ3) is 2.77. The van der Waals surface area contributed by atoms with Crippen molar-refractivity contribution in [2.75, 3.05) is 5.73 Å². The van der Waals surface area contributed by atoms with Crippen molar-refractivity contribution in [1.82, 2.24) is 19.9 Å². The summed E-state index contributed by atoms with van der Waals surface area (Å²) in [5.74, 6) is 1.84. The molecule has 0 saturated heterocycles. The zero-order valence-electron chi connectivity index (χ0n) is 12.8. The molecule has 118 valence electrons. The average Bonchev–Trinajstić information content (AvgIpc) is 3.07. The number of hydrogen-bond acceptors (Lipinski definition) is 5. The number of nitrogens with two attached hydrogens (primary N) is 1. The van der Waals surface area contributed by atoms with Crippen molar-refractivity contribution >= 4 is 17.0 Å². The van der Waals surface area contributed by atoms with Crippen LogP contribution in [0.2, 0.25) is 0 Å². The van der Waals surface area contributed by atoms with Crippen LogP contribution in [0.25, 0.3) is 22.6 Å². The van der Waals surface area contributed by atoms with Gasteiger partial charge < -0.3 is 15.5 Å². The van der Waals surface area contributed by atoms with Crippen LogP contribution in [-0.2, 0) is 6.61 Å². The second kappa shape index (κ2) is 6.00. The molecule has 4 aromatic rings. The molecule has 0 amide bonds. The quantitative estimate of drug-likeness (QED) is 0.603. The lowest BCUT2D eigenvalue weighted by molar-refractivity contribution is 0.306. The highest BCUT2D eigenvalue weighted by molar-refractivity contribution is 5.84. The van der Waals surface area contributed by atoms with Gasteiger partial charge in [0.1, 0.15) is 30.0 Å². The number of aromatic nitrogens is 4. The minimum atomic E-state index is 0.384. The molecule has 6 nitrogen and oxygen atoms in total. The van der Waals surface area contributed by atoms with Crippen molar-refractivity contribution in [2.24, 2.45) is 0 Å². The lowest BCUT2D eigenvalue weighted by Gasteiger charge is -2.07. The van der Waals surface area contributed by atoms with E-state index in [-0.39, 0.29) is 0 Å². The maximum Gasteiger partial charge on any atom is 0.183 e. The number of nitrogens with one attached hydrogen (secondary N) is 1. The van der Waals surface area contributed by atoms with Gasteiger partial charge in [-0.3, -0.25) is 0 Å². The molecule has 2 aromatic heterocycles. The summed E-state index contributed by atoms with van der Waals surface area (Å²) < 4.78 is 5.86. The average molecular weight is 317 g/mol. The van der Waals surface area contributed by atoms with E-state index in [0.717, 1.165) is 16.9 Å². The number of benzene rings is 2.